The molecule has 9 heteroatoms. The molecule has 1 saturated heterocycles. The largest absolute Gasteiger partial charge is 0.476 e. The van der Waals surface area contributed by atoms with Gasteiger partial charge in [-0.3, -0.25) is 0 Å². The molecular weight excluding hydrogens is 398 g/mol. The summed E-state index contributed by atoms with van der Waals surface area (Å²) in [5.41, 5.74) is 3.23. The van der Waals surface area contributed by atoms with Crippen LogP contribution in [-0.4, -0.2) is 57.1 Å². The molecule has 0 aliphatic carbocycles. The number of nitrogens with zero attached hydrogens (tertiary/aromatic N) is 4. The summed E-state index contributed by atoms with van der Waals surface area (Å²) < 4.78 is 16.0. The summed E-state index contributed by atoms with van der Waals surface area (Å²) in [4.78, 5) is 18.0. The van der Waals surface area contributed by atoms with Crippen LogP contribution < -0.4 is 15.0 Å². The van der Waals surface area contributed by atoms with Crippen molar-refractivity contribution in [3.8, 4) is 5.88 Å². The van der Waals surface area contributed by atoms with Gasteiger partial charge in [-0.25, -0.2) is 4.79 Å². The third-order valence-corrected chi connectivity index (χ3v) is 4.56. The first-order valence-corrected chi connectivity index (χ1v) is 10.5. The molecule has 0 bridgehead atoms. The minimum Gasteiger partial charge on any atom is -0.476 e. The van der Waals surface area contributed by atoms with Crippen molar-refractivity contribution in [3.63, 3.8) is 0 Å². The average Bonchev–Trinajstić information content (AvgIpc) is 2.77. The Morgan fingerprint density at radius 3 is 2.87 bits per heavy atom. The highest BCUT2D eigenvalue weighted by molar-refractivity contribution is 5.67. The molecule has 1 N–H and O–H groups in total. The maximum absolute atomic E-state index is 11.4. The Hall–Kier alpha value is -3.20. The van der Waals surface area contributed by atoms with Crippen LogP contribution in [0.2, 0.25) is 0 Å². The molecule has 31 heavy (non-hydrogen) atoms. The van der Waals surface area contributed by atoms with E-state index in [1.165, 1.54) is 5.56 Å². The minimum atomic E-state index is -0.466. The number of azo groups is 1. The van der Waals surface area contributed by atoms with Crippen molar-refractivity contribution >= 4 is 17.6 Å². The fourth-order valence-corrected chi connectivity index (χ4v) is 3.10. The lowest BCUT2D eigenvalue weighted by Crippen LogP contribution is -2.36. The van der Waals surface area contributed by atoms with Crippen LogP contribution in [0.3, 0.4) is 0 Å². The first kappa shape index (κ1) is 22.5. The van der Waals surface area contributed by atoms with E-state index in [2.05, 4.69) is 44.5 Å². The Labute approximate surface area is 182 Å². The van der Waals surface area contributed by atoms with E-state index in [4.69, 9.17) is 14.2 Å². The number of ether oxygens (including phenoxy) is 3. The topological polar surface area (TPSA) is 97.6 Å². The van der Waals surface area contributed by atoms with Gasteiger partial charge in [0.05, 0.1) is 32.9 Å². The molecule has 0 spiro atoms. The molecule has 1 aromatic heterocycles. The average molecular weight is 428 g/mol. The molecule has 0 atom stereocenters. The van der Waals surface area contributed by atoms with Crippen molar-refractivity contribution in [2.45, 2.75) is 20.4 Å². The minimum absolute atomic E-state index is 0.262. The van der Waals surface area contributed by atoms with Crippen molar-refractivity contribution in [2.24, 2.45) is 10.2 Å². The van der Waals surface area contributed by atoms with Gasteiger partial charge in [-0.2, -0.15) is 10.1 Å². The van der Waals surface area contributed by atoms with E-state index in [9.17, 15) is 4.79 Å². The number of hydrogen-bond donors (Lipinski definition) is 1. The highest BCUT2D eigenvalue weighted by atomic mass is 16.5. The van der Waals surface area contributed by atoms with Gasteiger partial charge in [-0.1, -0.05) is 29.8 Å². The summed E-state index contributed by atoms with van der Waals surface area (Å²) >= 11 is 0. The van der Waals surface area contributed by atoms with Gasteiger partial charge >= 0.3 is 6.09 Å². The summed E-state index contributed by atoms with van der Waals surface area (Å²) in [5, 5.41) is 11.2. The number of carbonyl (C=O) groups is 1. The molecular formula is C22H29N5O4. The molecule has 9 nitrogen and oxygen atoms in total. The fourth-order valence-electron chi connectivity index (χ4n) is 3.10. The molecule has 1 amide bonds. The van der Waals surface area contributed by atoms with Gasteiger partial charge in [0, 0.05) is 30.9 Å². The van der Waals surface area contributed by atoms with Crippen molar-refractivity contribution in [1.82, 2.24) is 10.3 Å². The zero-order chi connectivity index (χ0) is 21.9. The van der Waals surface area contributed by atoms with E-state index in [0.29, 0.717) is 44.6 Å². The number of hydrogen-bond acceptors (Lipinski definition) is 8. The number of alkyl carbamates (subject to hydrolysis) is 1. The second kappa shape index (κ2) is 11.8. The number of nitrogens with one attached hydrogen (secondary N) is 1. The third-order valence-electron chi connectivity index (χ3n) is 4.56. The Bertz CT molecular complexity index is 884. The lowest BCUT2D eigenvalue weighted by Gasteiger charge is -2.29. The van der Waals surface area contributed by atoms with Crippen LogP contribution in [0, 0.1) is 6.92 Å². The van der Waals surface area contributed by atoms with Gasteiger partial charge in [-0.15, -0.1) is 5.11 Å². The van der Waals surface area contributed by atoms with Gasteiger partial charge in [0.15, 0.2) is 5.82 Å². The van der Waals surface area contributed by atoms with Crippen molar-refractivity contribution in [1.29, 1.82) is 0 Å². The molecule has 1 fully saturated rings. The molecule has 0 saturated carbocycles. The molecule has 2 heterocycles. The number of amides is 1. The van der Waals surface area contributed by atoms with E-state index in [1.807, 2.05) is 24.3 Å². The summed E-state index contributed by atoms with van der Waals surface area (Å²) in [6.45, 7) is 8.10. The molecule has 0 radical (unpaired) electrons. The van der Waals surface area contributed by atoms with E-state index in [0.717, 1.165) is 24.3 Å². The van der Waals surface area contributed by atoms with E-state index >= 15 is 0 Å². The second-order valence-electron chi connectivity index (χ2n) is 7.01. The lowest BCUT2D eigenvalue weighted by atomic mass is 10.1. The van der Waals surface area contributed by atoms with Crippen LogP contribution in [0.5, 0.6) is 5.88 Å². The first-order valence-electron chi connectivity index (χ1n) is 10.5. The van der Waals surface area contributed by atoms with Crippen LogP contribution in [0.4, 0.5) is 16.3 Å². The summed E-state index contributed by atoms with van der Waals surface area (Å²) in [7, 11) is 0. The molecule has 3 rings (SSSR count). The predicted molar refractivity (Wildman–Crippen MR) is 117 cm³/mol. The second-order valence-corrected chi connectivity index (χ2v) is 7.01. The van der Waals surface area contributed by atoms with Crippen LogP contribution in [0.1, 0.15) is 18.1 Å². The maximum atomic E-state index is 11.4. The number of anilines is 1. The smallest absolute Gasteiger partial charge is 0.407 e. The molecule has 1 aliphatic rings. The standard InChI is InChI=1S/C22H29N5O4/c1-3-30-22(28)23-7-10-31-21-15-19(27-8-11-29-12-9-27)14-20(25-21)26-24-16-18-6-4-5-17(2)13-18/h4-6,13-15H,3,7-12,16H2,1-2H3,(H,23,28). The Morgan fingerprint density at radius 1 is 1.26 bits per heavy atom. The number of rotatable bonds is 9. The van der Waals surface area contributed by atoms with Crippen molar-refractivity contribution in [2.75, 3.05) is 51.0 Å². The van der Waals surface area contributed by atoms with Crippen LogP contribution in [-0.2, 0) is 16.0 Å². The molecule has 1 aromatic carbocycles. The number of pyridine rings is 1. The number of aromatic nitrogens is 1. The van der Waals surface area contributed by atoms with Gasteiger partial charge in [-0.05, 0) is 19.4 Å². The number of carbonyl (C=O) groups excluding carboxylic acids is 1. The normalized spacial score (nSPS) is 13.9. The molecule has 2 aromatic rings. The quantitative estimate of drug-likeness (QED) is 0.485. The Kier molecular flexibility index (Phi) is 8.59. The summed E-state index contributed by atoms with van der Waals surface area (Å²) in [5.74, 6) is 0.907. The van der Waals surface area contributed by atoms with Gasteiger partial charge in [0.1, 0.15) is 6.61 Å². The van der Waals surface area contributed by atoms with Gasteiger partial charge in [0.2, 0.25) is 5.88 Å². The zero-order valence-corrected chi connectivity index (χ0v) is 18.0. The number of aryl methyl sites for hydroxylation is 1. The summed E-state index contributed by atoms with van der Waals surface area (Å²) in [6.07, 6.45) is -0.466. The molecule has 1 aliphatic heterocycles. The first-order chi connectivity index (χ1) is 15.1. The lowest BCUT2D eigenvalue weighted by molar-refractivity contribution is 0.122. The monoisotopic (exact) mass is 427 g/mol. The van der Waals surface area contributed by atoms with Crippen LogP contribution in [0.25, 0.3) is 0 Å². The van der Waals surface area contributed by atoms with Crippen LogP contribution >= 0.6 is 0 Å². The third kappa shape index (κ3) is 7.53. The van der Waals surface area contributed by atoms with Crippen LogP contribution in [0.15, 0.2) is 46.6 Å². The van der Waals surface area contributed by atoms with Crippen molar-refractivity contribution < 1.29 is 19.0 Å². The SMILES string of the molecule is CCOC(=O)NCCOc1cc(N2CCOCC2)cc(N=NCc2cccc(C)c2)n1. The maximum Gasteiger partial charge on any atom is 0.407 e. The van der Waals surface area contributed by atoms with Crippen molar-refractivity contribution in [3.05, 3.63) is 47.5 Å². The van der Waals surface area contributed by atoms with E-state index in [1.54, 1.807) is 6.92 Å². The van der Waals surface area contributed by atoms with Gasteiger partial charge < -0.3 is 24.4 Å². The number of benzene rings is 1. The van der Waals surface area contributed by atoms with E-state index in [-0.39, 0.29) is 6.61 Å². The zero-order valence-electron chi connectivity index (χ0n) is 18.0. The Balaban J connectivity index is 1.67. The number of morpholine rings is 1. The fraction of sp³-hybridized carbons (Fsp3) is 0.455. The van der Waals surface area contributed by atoms with Gasteiger partial charge in [0.25, 0.3) is 0 Å². The highest BCUT2D eigenvalue weighted by Crippen LogP contribution is 2.26. The highest BCUT2D eigenvalue weighted by Gasteiger charge is 2.14. The molecule has 0 unspecified atom stereocenters. The molecule has 166 valence electrons. The predicted octanol–water partition coefficient (Wildman–Crippen LogP) is 3.64. The summed E-state index contributed by atoms with van der Waals surface area (Å²) in [6, 6.07) is 11.9. The Morgan fingerprint density at radius 2 is 2.10 bits per heavy atom. The van der Waals surface area contributed by atoms with E-state index < -0.39 is 6.09 Å².